The van der Waals surface area contributed by atoms with Crippen LogP contribution in [-0.4, -0.2) is 21.7 Å². The van der Waals surface area contributed by atoms with Gasteiger partial charge in [-0.1, -0.05) is 0 Å². The van der Waals surface area contributed by atoms with E-state index in [1.165, 1.54) is 0 Å². The van der Waals surface area contributed by atoms with Crippen LogP contribution in [0.25, 0.3) is 0 Å². The Kier molecular flexibility index (Phi) is 3.07. The number of nitrogens with zero attached hydrogens (tertiary/aromatic N) is 2. The highest BCUT2D eigenvalue weighted by atomic mass is 16.2. The maximum absolute atomic E-state index is 11.5. The monoisotopic (exact) mass is 238 g/mol. The molecule has 0 bridgehead atoms. The molecule has 1 aromatic heterocycles. The van der Waals surface area contributed by atoms with Gasteiger partial charge in [0.1, 0.15) is 0 Å². The van der Waals surface area contributed by atoms with Crippen LogP contribution in [-0.2, 0) is 12.8 Å². The van der Waals surface area contributed by atoms with Gasteiger partial charge in [0.15, 0.2) is 5.69 Å². The molecule has 0 atom stereocenters. The van der Waals surface area contributed by atoms with E-state index < -0.39 is 11.9 Å². The lowest BCUT2D eigenvalue weighted by Gasteiger charge is -2.12. The van der Waals surface area contributed by atoms with Gasteiger partial charge in [-0.05, 0) is 25.7 Å². The second-order valence-electron chi connectivity index (χ2n) is 3.82. The summed E-state index contributed by atoms with van der Waals surface area (Å²) >= 11 is 0. The van der Waals surface area contributed by atoms with Crippen LogP contribution < -0.4 is 22.5 Å². The number of carbonyl (C=O) groups excluding carboxylic acids is 2. The van der Waals surface area contributed by atoms with E-state index in [1.54, 1.807) is 0 Å². The first-order chi connectivity index (χ1) is 8.19. The zero-order valence-corrected chi connectivity index (χ0v) is 9.19. The predicted molar refractivity (Wildman–Crippen MR) is 58.6 cm³/mol. The van der Waals surface area contributed by atoms with Crippen LogP contribution in [0.5, 0.6) is 0 Å². The second-order valence-corrected chi connectivity index (χ2v) is 3.82. The van der Waals surface area contributed by atoms with Gasteiger partial charge in [-0.15, -0.1) is 0 Å². The first-order valence-electron chi connectivity index (χ1n) is 5.31. The Morgan fingerprint density at radius 2 is 1.88 bits per heavy atom. The molecular weight excluding hydrogens is 224 g/mol. The van der Waals surface area contributed by atoms with Crippen LogP contribution in [0.1, 0.15) is 34.6 Å². The predicted octanol–water partition coefficient (Wildman–Crippen LogP) is -1.20. The Morgan fingerprint density at radius 1 is 1.18 bits per heavy atom. The molecular formula is C9H14N6O2. The quantitative estimate of drug-likeness (QED) is 0.277. The third kappa shape index (κ3) is 1.87. The summed E-state index contributed by atoms with van der Waals surface area (Å²) in [5, 5.41) is 3.97. The number of rotatable bonds is 1. The van der Waals surface area contributed by atoms with E-state index in [4.69, 9.17) is 11.7 Å². The van der Waals surface area contributed by atoms with Gasteiger partial charge in [-0.3, -0.25) is 15.6 Å². The number of nitrogens with one attached hydrogen (secondary N) is 2. The smallest absolute Gasteiger partial charge is 0.289 e. The first-order valence-corrected chi connectivity index (χ1v) is 5.31. The fourth-order valence-electron chi connectivity index (χ4n) is 2.08. The lowest BCUT2D eigenvalue weighted by Crippen LogP contribution is -2.36. The minimum Gasteiger partial charge on any atom is -0.289 e. The Bertz CT molecular complexity index is 426. The normalized spacial score (nSPS) is 14.0. The highest BCUT2D eigenvalue weighted by Crippen LogP contribution is 2.24. The fourth-order valence-corrected chi connectivity index (χ4v) is 2.08. The summed E-state index contributed by atoms with van der Waals surface area (Å²) in [5.41, 5.74) is 5.74. The molecule has 0 spiro atoms. The lowest BCUT2D eigenvalue weighted by atomic mass is 9.95. The highest BCUT2D eigenvalue weighted by molar-refractivity contribution is 5.94. The molecule has 1 aromatic rings. The van der Waals surface area contributed by atoms with Gasteiger partial charge in [0.25, 0.3) is 5.91 Å². The number of amides is 2. The molecule has 8 nitrogen and oxygen atoms in total. The lowest BCUT2D eigenvalue weighted by molar-refractivity contribution is 0.0947. The van der Waals surface area contributed by atoms with Crippen molar-refractivity contribution in [2.45, 2.75) is 25.7 Å². The van der Waals surface area contributed by atoms with Gasteiger partial charge in [0, 0.05) is 5.56 Å². The van der Waals surface area contributed by atoms with E-state index in [0.717, 1.165) is 35.2 Å². The Hall–Kier alpha value is -1.93. The molecule has 1 heterocycles. The van der Waals surface area contributed by atoms with Gasteiger partial charge in [0.2, 0.25) is 0 Å². The standard InChI is InChI=1S/C9H14N6O2/c10-12-8(16)7-5-3-1-2-4-6(5)15(14-7)9(17)13-11/h1-4,10-11H2,(H,12,16)(H,13,17). The van der Waals surface area contributed by atoms with Crippen molar-refractivity contribution in [3.8, 4) is 0 Å². The minimum atomic E-state index is -0.556. The van der Waals surface area contributed by atoms with Crippen molar-refractivity contribution in [2.24, 2.45) is 11.7 Å². The van der Waals surface area contributed by atoms with Crippen molar-refractivity contribution in [3.63, 3.8) is 0 Å². The van der Waals surface area contributed by atoms with E-state index in [9.17, 15) is 9.59 Å². The van der Waals surface area contributed by atoms with Crippen LogP contribution in [0.3, 0.4) is 0 Å². The molecule has 1 aliphatic rings. The number of carbonyl (C=O) groups is 2. The molecule has 1 aliphatic carbocycles. The van der Waals surface area contributed by atoms with Crippen LogP contribution >= 0.6 is 0 Å². The Morgan fingerprint density at radius 3 is 2.53 bits per heavy atom. The van der Waals surface area contributed by atoms with Crippen molar-refractivity contribution in [3.05, 3.63) is 17.0 Å². The summed E-state index contributed by atoms with van der Waals surface area (Å²) in [6, 6.07) is -0.556. The van der Waals surface area contributed by atoms with Crippen LogP contribution in [0, 0.1) is 0 Å². The van der Waals surface area contributed by atoms with Gasteiger partial charge < -0.3 is 0 Å². The third-order valence-electron chi connectivity index (χ3n) is 2.84. The van der Waals surface area contributed by atoms with Gasteiger partial charge in [0.05, 0.1) is 5.69 Å². The summed E-state index contributed by atoms with van der Waals surface area (Å²) in [4.78, 5) is 23.0. The molecule has 0 saturated heterocycles. The molecule has 0 aliphatic heterocycles. The largest absolute Gasteiger partial charge is 0.356 e. The number of fused-ring (bicyclic) bond motifs is 1. The number of nitrogens with two attached hydrogens (primary N) is 2. The van der Waals surface area contributed by atoms with E-state index in [-0.39, 0.29) is 5.69 Å². The van der Waals surface area contributed by atoms with E-state index in [0.29, 0.717) is 6.42 Å². The van der Waals surface area contributed by atoms with Crippen LogP contribution in [0.4, 0.5) is 4.79 Å². The van der Waals surface area contributed by atoms with E-state index in [1.807, 2.05) is 10.9 Å². The minimum absolute atomic E-state index is 0.200. The molecule has 2 amide bonds. The van der Waals surface area contributed by atoms with Crippen molar-refractivity contribution < 1.29 is 9.59 Å². The number of hydrogen-bond acceptors (Lipinski definition) is 5. The zero-order valence-electron chi connectivity index (χ0n) is 9.19. The second kappa shape index (κ2) is 4.52. The van der Waals surface area contributed by atoms with Gasteiger partial charge in [-0.2, -0.15) is 9.78 Å². The van der Waals surface area contributed by atoms with Crippen molar-refractivity contribution >= 4 is 11.9 Å². The summed E-state index contributed by atoms with van der Waals surface area (Å²) < 4.78 is 1.14. The molecule has 2 rings (SSSR count). The molecule has 0 saturated carbocycles. The third-order valence-corrected chi connectivity index (χ3v) is 2.84. The SMILES string of the molecule is NNC(=O)c1nn(C(=O)NN)c2c1CCCC2. The van der Waals surface area contributed by atoms with Crippen molar-refractivity contribution in [1.82, 2.24) is 20.6 Å². The average molecular weight is 238 g/mol. The number of hydrazine groups is 2. The van der Waals surface area contributed by atoms with Gasteiger partial charge in [-0.25, -0.2) is 16.5 Å². The Balaban J connectivity index is 2.51. The Labute approximate surface area is 97.3 Å². The van der Waals surface area contributed by atoms with Crippen molar-refractivity contribution in [2.75, 3.05) is 0 Å². The zero-order chi connectivity index (χ0) is 12.4. The molecule has 0 aromatic carbocycles. The first kappa shape index (κ1) is 11.6. The maximum Gasteiger partial charge on any atom is 0.356 e. The molecule has 0 fully saturated rings. The molecule has 8 heteroatoms. The molecule has 92 valence electrons. The molecule has 17 heavy (non-hydrogen) atoms. The number of hydrogen-bond donors (Lipinski definition) is 4. The van der Waals surface area contributed by atoms with Crippen LogP contribution in [0.15, 0.2) is 0 Å². The number of aromatic nitrogens is 2. The van der Waals surface area contributed by atoms with E-state index in [2.05, 4.69) is 5.10 Å². The highest BCUT2D eigenvalue weighted by Gasteiger charge is 2.26. The van der Waals surface area contributed by atoms with Gasteiger partial charge >= 0.3 is 6.03 Å². The fraction of sp³-hybridized carbons (Fsp3) is 0.444. The topological polar surface area (TPSA) is 128 Å². The average Bonchev–Trinajstić information content (AvgIpc) is 2.76. The van der Waals surface area contributed by atoms with Crippen molar-refractivity contribution in [1.29, 1.82) is 0 Å². The molecule has 0 unspecified atom stereocenters. The van der Waals surface area contributed by atoms with Crippen LogP contribution in [0.2, 0.25) is 0 Å². The summed E-state index contributed by atoms with van der Waals surface area (Å²) in [7, 11) is 0. The number of nitrogen functional groups attached to an aromatic ring is 2. The van der Waals surface area contributed by atoms with E-state index >= 15 is 0 Å². The molecule has 0 radical (unpaired) electrons. The summed E-state index contributed by atoms with van der Waals surface area (Å²) in [6.45, 7) is 0. The molecule has 6 N–H and O–H groups in total. The summed E-state index contributed by atoms with van der Waals surface area (Å²) in [6.07, 6.45) is 3.34. The maximum atomic E-state index is 11.5. The summed E-state index contributed by atoms with van der Waals surface area (Å²) in [5.74, 6) is 9.66.